The molecule has 0 aromatic heterocycles. The number of anilines is 1. The van der Waals surface area contributed by atoms with Gasteiger partial charge in [0.2, 0.25) is 0 Å². The molecule has 1 N–H and O–H groups in total. The zero-order chi connectivity index (χ0) is 13.8. The molecule has 4 heteroatoms. The maximum atomic E-state index is 13.0. The Morgan fingerprint density at radius 3 is 2.42 bits per heavy atom. The highest BCUT2D eigenvalue weighted by Crippen LogP contribution is 2.14. The number of carbonyl (C=O) groups is 1. The minimum absolute atomic E-state index is 0.0422. The number of benzene rings is 2. The Bertz CT molecular complexity index is 591. The molecule has 0 fully saturated rings. The normalized spacial score (nSPS) is 10.3. The molecule has 0 heterocycles. The van der Waals surface area contributed by atoms with Gasteiger partial charge < -0.3 is 5.32 Å². The van der Waals surface area contributed by atoms with Gasteiger partial charge in [-0.05, 0) is 36.2 Å². The van der Waals surface area contributed by atoms with Crippen LogP contribution in [0.2, 0.25) is 0 Å². The summed E-state index contributed by atoms with van der Waals surface area (Å²) in [6.07, 6.45) is 0.846. The fraction of sp³-hybridized carbons (Fsp3) is 0.133. The molecule has 2 aromatic rings. The molecule has 0 saturated carbocycles. The van der Waals surface area contributed by atoms with Gasteiger partial charge in [-0.25, -0.2) is 8.78 Å². The van der Waals surface area contributed by atoms with Gasteiger partial charge >= 0.3 is 0 Å². The molecular formula is C15H13F2NO. The average Bonchev–Trinajstić information content (AvgIpc) is 2.37. The van der Waals surface area contributed by atoms with E-state index in [4.69, 9.17) is 0 Å². The van der Waals surface area contributed by atoms with Crippen LogP contribution in [0.25, 0.3) is 0 Å². The highest BCUT2D eigenvalue weighted by molar-refractivity contribution is 6.04. The van der Waals surface area contributed by atoms with Crippen molar-refractivity contribution in [1.29, 1.82) is 0 Å². The molecule has 19 heavy (non-hydrogen) atoms. The summed E-state index contributed by atoms with van der Waals surface area (Å²) in [5.41, 5.74) is 1.64. The van der Waals surface area contributed by atoms with Crippen molar-refractivity contribution in [2.75, 3.05) is 5.32 Å². The third-order valence-electron chi connectivity index (χ3n) is 2.72. The fourth-order valence-electron chi connectivity index (χ4n) is 1.76. The first-order chi connectivity index (χ1) is 9.08. The predicted octanol–water partition coefficient (Wildman–Crippen LogP) is 3.78. The van der Waals surface area contributed by atoms with Crippen LogP contribution in [0.1, 0.15) is 22.8 Å². The van der Waals surface area contributed by atoms with E-state index in [0.29, 0.717) is 5.69 Å². The van der Waals surface area contributed by atoms with Crippen LogP contribution >= 0.6 is 0 Å². The van der Waals surface area contributed by atoms with E-state index in [1.165, 1.54) is 0 Å². The Hall–Kier alpha value is -2.23. The number of hydrogen-bond acceptors (Lipinski definition) is 1. The molecule has 98 valence electrons. The first-order valence-electron chi connectivity index (χ1n) is 5.95. The molecule has 0 aliphatic rings. The van der Waals surface area contributed by atoms with Crippen LogP contribution in [0.3, 0.4) is 0 Å². The van der Waals surface area contributed by atoms with Crippen LogP contribution in [0.5, 0.6) is 0 Å². The lowest BCUT2D eigenvalue weighted by molar-refractivity contribution is 0.102. The molecule has 0 saturated heterocycles. The Balaban J connectivity index is 2.20. The summed E-state index contributed by atoms with van der Waals surface area (Å²) < 4.78 is 26.1. The standard InChI is InChI=1S/C15H13F2NO/c1-2-10-4-3-5-14(6-10)18-15(19)11-7-12(16)9-13(17)8-11/h3-9H,2H2,1H3,(H,18,19). The average molecular weight is 261 g/mol. The Morgan fingerprint density at radius 2 is 1.79 bits per heavy atom. The first-order valence-corrected chi connectivity index (χ1v) is 5.95. The van der Waals surface area contributed by atoms with Gasteiger partial charge in [0.1, 0.15) is 11.6 Å². The largest absolute Gasteiger partial charge is 0.322 e. The molecule has 0 atom stereocenters. The van der Waals surface area contributed by atoms with E-state index >= 15 is 0 Å². The number of amides is 1. The molecule has 2 nitrogen and oxygen atoms in total. The monoisotopic (exact) mass is 261 g/mol. The van der Waals surface area contributed by atoms with Gasteiger partial charge in [-0.3, -0.25) is 4.79 Å². The first kappa shape index (κ1) is 13.2. The maximum absolute atomic E-state index is 13.0. The molecule has 0 radical (unpaired) electrons. The Morgan fingerprint density at radius 1 is 1.11 bits per heavy atom. The number of aryl methyl sites for hydroxylation is 1. The number of rotatable bonds is 3. The zero-order valence-corrected chi connectivity index (χ0v) is 10.4. The van der Waals surface area contributed by atoms with Crippen molar-refractivity contribution in [2.24, 2.45) is 0 Å². The lowest BCUT2D eigenvalue weighted by Crippen LogP contribution is -2.12. The molecule has 0 aliphatic heterocycles. The summed E-state index contributed by atoms with van der Waals surface area (Å²) in [7, 11) is 0. The molecule has 2 rings (SSSR count). The third-order valence-corrected chi connectivity index (χ3v) is 2.72. The lowest BCUT2D eigenvalue weighted by Gasteiger charge is -2.07. The molecule has 0 spiro atoms. The second kappa shape index (κ2) is 5.61. The summed E-state index contributed by atoms with van der Waals surface area (Å²) >= 11 is 0. The van der Waals surface area contributed by atoms with Crippen LogP contribution in [-0.4, -0.2) is 5.91 Å². The second-order valence-corrected chi connectivity index (χ2v) is 4.17. The van der Waals surface area contributed by atoms with Crippen LogP contribution < -0.4 is 5.32 Å². The van der Waals surface area contributed by atoms with E-state index in [9.17, 15) is 13.6 Å². The Labute approximate surface area is 110 Å². The van der Waals surface area contributed by atoms with Crippen molar-refractivity contribution in [2.45, 2.75) is 13.3 Å². The molecule has 1 amide bonds. The van der Waals surface area contributed by atoms with E-state index < -0.39 is 17.5 Å². The van der Waals surface area contributed by atoms with Crippen molar-refractivity contribution in [1.82, 2.24) is 0 Å². The SMILES string of the molecule is CCc1cccc(NC(=O)c2cc(F)cc(F)c2)c1. The van der Waals surface area contributed by atoms with Gasteiger partial charge in [0.15, 0.2) is 0 Å². The summed E-state index contributed by atoms with van der Waals surface area (Å²) in [5, 5.41) is 2.62. The topological polar surface area (TPSA) is 29.1 Å². The van der Waals surface area contributed by atoms with E-state index in [0.717, 1.165) is 30.2 Å². The zero-order valence-electron chi connectivity index (χ0n) is 10.4. The molecule has 0 unspecified atom stereocenters. The van der Waals surface area contributed by atoms with Gasteiger partial charge in [-0.1, -0.05) is 19.1 Å². The fourth-order valence-corrected chi connectivity index (χ4v) is 1.76. The number of halogens is 2. The molecular weight excluding hydrogens is 248 g/mol. The highest BCUT2D eigenvalue weighted by Gasteiger charge is 2.09. The van der Waals surface area contributed by atoms with Crippen molar-refractivity contribution >= 4 is 11.6 Å². The molecule has 2 aromatic carbocycles. The molecule has 0 bridgehead atoms. The maximum Gasteiger partial charge on any atom is 0.255 e. The summed E-state index contributed by atoms with van der Waals surface area (Å²) in [5.74, 6) is -2.08. The summed E-state index contributed by atoms with van der Waals surface area (Å²) in [6.45, 7) is 2.00. The molecule has 0 aliphatic carbocycles. The minimum Gasteiger partial charge on any atom is -0.322 e. The van der Waals surface area contributed by atoms with Crippen LogP contribution in [0.15, 0.2) is 42.5 Å². The minimum atomic E-state index is -0.771. The van der Waals surface area contributed by atoms with Crippen LogP contribution in [-0.2, 0) is 6.42 Å². The highest BCUT2D eigenvalue weighted by atomic mass is 19.1. The Kier molecular flexibility index (Phi) is 3.90. The number of carbonyl (C=O) groups excluding carboxylic acids is 1. The third kappa shape index (κ3) is 3.37. The smallest absolute Gasteiger partial charge is 0.255 e. The van der Waals surface area contributed by atoms with Gasteiger partial charge in [-0.2, -0.15) is 0 Å². The van der Waals surface area contributed by atoms with Gasteiger partial charge in [0, 0.05) is 17.3 Å². The summed E-state index contributed by atoms with van der Waals surface area (Å²) in [6, 6.07) is 10.1. The quantitative estimate of drug-likeness (QED) is 0.895. The van der Waals surface area contributed by atoms with E-state index in [2.05, 4.69) is 5.32 Å². The van der Waals surface area contributed by atoms with Crippen molar-refractivity contribution in [3.8, 4) is 0 Å². The number of nitrogens with one attached hydrogen (secondary N) is 1. The van der Waals surface area contributed by atoms with Crippen molar-refractivity contribution in [3.63, 3.8) is 0 Å². The van der Waals surface area contributed by atoms with Gasteiger partial charge in [-0.15, -0.1) is 0 Å². The second-order valence-electron chi connectivity index (χ2n) is 4.17. The number of hydrogen-bond donors (Lipinski definition) is 1. The predicted molar refractivity (Wildman–Crippen MR) is 70.1 cm³/mol. The van der Waals surface area contributed by atoms with Crippen LogP contribution in [0, 0.1) is 11.6 Å². The lowest BCUT2D eigenvalue weighted by atomic mass is 10.1. The van der Waals surface area contributed by atoms with E-state index in [1.54, 1.807) is 6.07 Å². The van der Waals surface area contributed by atoms with E-state index in [-0.39, 0.29) is 5.56 Å². The van der Waals surface area contributed by atoms with Crippen molar-refractivity contribution < 1.29 is 13.6 Å². The summed E-state index contributed by atoms with van der Waals surface area (Å²) in [4.78, 5) is 11.9. The van der Waals surface area contributed by atoms with Crippen LogP contribution in [0.4, 0.5) is 14.5 Å². The van der Waals surface area contributed by atoms with Gasteiger partial charge in [0.25, 0.3) is 5.91 Å². The van der Waals surface area contributed by atoms with E-state index in [1.807, 2.05) is 25.1 Å². The van der Waals surface area contributed by atoms with Gasteiger partial charge in [0.05, 0.1) is 0 Å². The van der Waals surface area contributed by atoms with Crippen molar-refractivity contribution in [3.05, 3.63) is 65.2 Å².